The second-order valence-corrected chi connectivity index (χ2v) is 6.76. The SMILES string of the molecule is CN1CC(CCNc2nonc2C(=NO)Nc2ccc(F)c(Br)c2)OC1=C=O. The first-order valence-corrected chi connectivity index (χ1v) is 8.95. The number of anilines is 2. The number of oxime groups is 1. The van der Waals surface area contributed by atoms with Gasteiger partial charge in [-0.25, -0.2) is 13.8 Å². The first-order valence-electron chi connectivity index (χ1n) is 8.15. The maximum atomic E-state index is 13.4. The molecule has 0 saturated carbocycles. The first-order chi connectivity index (χ1) is 13.5. The van der Waals surface area contributed by atoms with Crippen molar-refractivity contribution in [2.75, 3.05) is 30.8 Å². The van der Waals surface area contributed by atoms with Crippen LogP contribution in [0.1, 0.15) is 12.1 Å². The molecule has 3 rings (SSSR count). The minimum absolute atomic E-state index is 0.0368. The van der Waals surface area contributed by atoms with Gasteiger partial charge in [0, 0.05) is 25.7 Å². The zero-order valence-electron chi connectivity index (χ0n) is 14.6. The number of rotatable bonds is 6. The Kier molecular flexibility index (Phi) is 6.12. The van der Waals surface area contributed by atoms with Crippen LogP contribution in [0.5, 0.6) is 0 Å². The number of ether oxygens (including phenoxy) is 1. The molecule has 0 amide bonds. The van der Waals surface area contributed by atoms with Crippen LogP contribution in [0.3, 0.4) is 0 Å². The number of nitrogens with one attached hydrogen (secondary N) is 2. The molecular weight excluding hydrogens is 439 g/mol. The lowest BCUT2D eigenvalue weighted by molar-refractivity contribution is 0.160. The minimum Gasteiger partial charge on any atom is -0.466 e. The second kappa shape index (κ2) is 8.72. The molecule has 10 nitrogen and oxygen atoms in total. The predicted octanol–water partition coefficient (Wildman–Crippen LogP) is 2.02. The number of benzene rings is 1. The molecule has 1 saturated heterocycles. The Morgan fingerprint density at radius 1 is 1.54 bits per heavy atom. The minimum atomic E-state index is -0.425. The number of hydrogen-bond donors (Lipinski definition) is 3. The highest BCUT2D eigenvalue weighted by Gasteiger charge is 2.26. The smallest absolute Gasteiger partial charge is 0.278 e. The van der Waals surface area contributed by atoms with Crippen LogP contribution in [0.2, 0.25) is 0 Å². The Balaban J connectivity index is 1.62. The molecule has 0 aliphatic carbocycles. The van der Waals surface area contributed by atoms with Crippen LogP contribution < -0.4 is 10.6 Å². The van der Waals surface area contributed by atoms with Gasteiger partial charge in [-0.1, -0.05) is 5.16 Å². The van der Waals surface area contributed by atoms with Crippen molar-refractivity contribution < 1.29 is 23.8 Å². The molecule has 2 aromatic rings. The highest BCUT2D eigenvalue weighted by molar-refractivity contribution is 9.10. The Hall–Kier alpha value is -3.11. The van der Waals surface area contributed by atoms with Crippen molar-refractivity contribution in [2.24, 2.45) is 5.16 Å². The van der Waals surface area contributed by atoms with E-state index in [0.29, 0.717) is 25.2 Å². The van der Waals surface area contributed by atoms with Crippen LogP contribution in [-0.2, 0) is 9.53 Å². The molecule has 1 aromatic carbocycles. The van der Waals surface area contributed by atoms with Crippen molar-refractivity contribution >= 4 is 39.2 Å². The zero-order chi connectivity index (χ0) is 20.1. The van der Waals surface area contributed by atoms with E-state index in [4.69, 9.17) is 9.37 Å². The molecule has 1 aliphatic rings. The zero-order valence-corrected chi connectivity index (χ0v) is 16.2. The standard InChI is InChI=1S/C16H16BrFN6O4/c1-24-7-10(27-13(24)8-25)4-5-19-15-14(22-28-23-15)16(21-26)20-9-2-3-12(18)11(17)6-9/h2-3,6,10,26H,4-5,7H2,1H3,(H,19,23)(H,20,21). The van der Waals surface area contributed by atoms with E-state index in [2.05, 4.69) is 42.0 Å². The van der Waals surface area contributed by atoms with Gasteiger partial charge in [0.25, 0.3) is 5.88 Å². The fraction of sp³-hybridized carbons (Fsp3) is 0.312. The topological polar surface area (TPSA) is 125 Å². The average molecular weight is 455 g/mol. The van der Waals surface area contributed by atoms with Crippen molar-refractivity contribution in [1.29, 1.82) is 0 Å². The fourth-order valence-corrected chi connectivity index (χ4v) is 2.96. The van der Waals surface area contributed by atoms with E-state index in [1.54, 1.807) is 17.9 Å². The van der Waals surface area contributed by atoms with E-state index in [1.165, 1.54) is 18.2 Å². The highest BCUT2D eigenvalue weighted by atomic mass is 79.9. The number of carbonyl (C=O) groups excluding carboxylic acids is 1. The van der Waals surface area contributed by atoms with E-state index >= 15 is 0 Å². The van der Waals surface area contributed by atoms with Crippen LogP contribution in [0.4, 0.5) is 15.9 Å². The molecule has 0 bridgehead atoms. The Morgan fingerprint density at radius 2 is 2.36 bits per heavy atom. The summed E-state index contributed by atoms with van der Waals surface area (Å²) in [5.74, 6) is 1.71. The lowest BCUT2D eigenvalue weighted by atomic mass is 10.2. The maximum Gasteiger partial charge on any atom is 0.278 e. The Morgan fingerprint density at radius 3 is 3.04 bits per heavy atom. The van der Waals surface area contributed by atoms with Gasteiger partial charge in [-0.05, 0) is 44.4 Å². The van der Waals surface area contributed by atoms with Gasteiger partial charge in [0.1, 0.15) is 11.9 Å². The van der Waals surface area contributed by atoms with Gasteiger partial charge in [-0.2, -0.15) is 0 Å². The number of aromatic nitrogens is 2. The van der Waals surface area contributed by atoms with Crippen molar-refractivity contribution in [3.8, 4) is 0 Å². The predicted molar refractivity (Wildman–Crippen MR) is 100 cm³/mol. The van der Waals surface area contributed by atoms with Crippen molar-refractivity contribution in [1.82, 2.24) is 15.2 Å². The quantitative estimate of drug-likeness (QED) is 0.197. The summed E-state index contributed by atoms with van der Waals surface area (Å²) in [5, 5.41) is 25.8. The summed E-state index contributed by atoms with van der Waals surface area (Å²) in [6.45, 7) is 1.01. The van der Waals surface area contributed by atoms with Gasteiger partial charge < -0.3 is 25.5 Å². The molecule has 0 spiro atoms. The highest BCUT2D eigenvalue weighted by Crippen LogP contribution is 2.22. The number of amidine groups is 1. The summed E-state index contributed by atoms with van der Waals surface area (Å²) in [6.07, 6.45) is 0.407. The van der Waals surface area contributed by atoms with E-state index in [-0.39, 0.29) is 33.8 Å². The lowest BCUT2D eigenvalue weighted by Crippen LogP contribution is -2.21. The molecule has 2 heterocycles. The number of halogens is 2. The number of nitrogens with zero attached hydrogens (tertiary/aromatic N) is 4. The first kappa shape index (κ1) is 19.6. The monoisotopic (exact) mass is 454 g/mol. The molecule has 1 aromatic heterocycles. The van der Waals surface area contributed by atoms with Gasteiger partial charge in [0.15, 0.2) is 11.6 Å². The third kappa shape index (κ3) is 4.41. The van der Waals surface area contributed by atoms with E-state index < -0.39 is 5.82 Å². The molecular formula is C16H16BrFN6O4. The summed E-state index contributed by atoms with van der Waals surface area (Å²) in [5.41, 5.74) is 0.603. The molecule has 0 radical (unpaired) electrons. The summed E-state index contributed by atoms with van der Waals surface area (Å²) in [6, 6.07) is 4.20. The molecule has 148 valence electrons. The number of likely N-dealkylation sites (N-methyl/N-ethyl adjacent to an activating group) is 1. The molecule has 1 atom stereocenters. The number of hydrogen-bond acceptors (Lipinski definition) is 9. The van der Waals surface area contributed by atoms with Crippen LogP contribution >= 0.6 is 15.9 Å². The Labute approximate surface area is 167 Å². The van der Waals surface area contributed by atoms with Crippen LogP contribution in [0.25, 0.3) is 0 Å². The van der Waals surface area contributed by atoms with Crippen molar-refractivity contribution in [3.05, 3.63) is 40.1 Å². The maximum absolute atomic E-state index is 13.4. The summed E-state index contributed by atoms with van der Waals surface area (Å²) >= 11 is 3.08. The van der Waals surface area contributed by atoms with Crippen LogP contribution in [0.15, 0.2) is 38.3 Å². The normalized spacial score (nSPS) is 16.7. The van der Waals surface area contributed by atoms with Gasteiger partial charge in [0.2, 0.25) is 11.7 Å². The van der Waals surface area contributed by atoms with Gasteiger partial charge >= 0.3 is 0 Å². The third-order valence-electron chi connectivity index (χ3n) is 3.94. The summed E-state index contributed by atoms with van der Waals surface area (Å²) in [4.78, 5) is 12.4. The van der Waals surface area contributed by atoms with Gasteiger partial charge in [-0.3, -0.25) is 0 Å². The summed E-state index contributed by atoms with van der Waals surface area (Å²) in [7, 11) is 1.75. The van der Waals surface area contributed by atoms with Gasteiger partial charge in [0.05, 0.1) is 11.0 Å². The second-order valence-electron chi connectivity index (χ2n) is 5.91. The van der Waals surface area contributed by atoms with Crippen molar-refractivity contribution in [3.63, 3.8) is 0 Å². The molecule has 28 heavy (non-hydrogen) atoms. The van der Waals surface area contributed by atoms with Crippen LogP contribution in [0, 0.1) is 5.82 Å². The third-order valence-corrected chi connectivity index (χ3v) is 4.55. The fourth-order valence-electron chi connectivity index (χ4n) is 2.58. The average Bonchev–Trinajstić information content (AvgIpc) is 3.29. The van der Waals surface area contributed by atoms with E-state index in [1.807, 2.05) is 0 Å². The Bertz CT molecular complexity index is 930. The largest absolute Gasteiger partial charge is 0.466 e. The van der Waals surface area contributed by atoms with E-state index in [9.17, 15) is 14.4 Å². The molecule has 1 aliphatic heterocycles. The van der Waals surface area contributed by atoms with E-state index in [0.717, 1.165) is 0 Å². The molecule has 1 fully saturated rings. The van der Waals surface area contributed by atoms with Gasteiger partial charge in [-0.15, -0.1) is 0 Å². The van der Waals surface area contributed by atoms with Crippen LogP contribution in [-0.4, -0.2) is 58.4 Å². The lowest BCUT2D eigenvalue weighted by Gasteiger charge is -2.10. The molecule has 3 N–H and O–H groups in total. The molecule has 1 unspecified atom stereocenters. The molecule has 12 heteroatoms. The summed E-state index contributed by atoms with van der Waals surface area (Å²) < 4.78 is 23.8. The van der Waals surface area contributed by atoms with Crippen molar-refractivity contribution in [2.45, 2.75) is 12.5 Å².